The van der Waals surface area contributed by atoms with Gasteiger partial charge in [0, 0.05) is 18.7 Å². The molecule has 0 saturated carbocycles. The van der Waals surface area contributed by atoms with E-state index in [9.17, 15) is 4.39 Å². The summed E-state index contributed by atoms with van der Waals surface area (Å²) < 4.78 is 13.7. The zero-order chi connectivity index (χ0) is 13.5. The highest BCUT2D eigenvalue weighted by atomic mass is 19.1. The monoisotopic (exact) mass is 258 g/mol. The highest BCUT2D eigenvalue weighted by molar-refractivity contribution is 5.21. The lowest BCUT2D eigenvalue weighted by Gasteiger charge is -2.19. The van der Waals surface area contributed by atoms with Crippen molar-refractivity contribution in [2.75, 3.05) is 6.54 Å². The van der Waals surface area contributed by atoms with Gasteiger partial charge in [0.15, 0.2) is 0 Å². The number of nitrogens with zero attached hydrogens (tertiary/aromatic N) is 1. The summed E-state index contributed by atoms with van der Waals surface area (Å²) >= 11 is 0. The van der Waals surface area contributed by atoms with Crippen LogP contribution in [0.15, 0.2) is 48.7 Å². The van der Waals surface area contributed by atoms with Gasteiger partial charge in [-0.1, -0.05) is 37.3 Å². The van der Waals surface area contributed by atoms with Crippen LogP contribution in [0.2, 0.25) is 0 Å². The molecular formula is C16H19FN2. The minimum Gasteiger partial charge on any atom is -0.310 e. The molecular weight excluding hydrogens is 239 g/mol. The third kappa shape index (κ3) is 3.86. The minimum atomic E-state index is -0.235. The highest BCUT2D eigenvalue weighted by Gasteiger charge is 2.14. The van der Waals surface area contributed by atoms with Gasteiger partial charge in [0.05, 0.1) is 5.69 Å². The minimum absolute atomic E-state index is 0.102. The molecule has 2 rings (SSSR count). The maximum atomic E-state index is 13.7. The number of hydrogen-bond donors (Lipinski definition) is 1. The van der Waals surface area contributed by atoms with Crippen LogP contribution in [0.4, 0.5) is 4.39 Å². The first-order valence-corrected chi connectivity index (χ1v) is 6.69. The van der Waals surface area contributed by atoms with Crippen LogP contribution in [0, 0.1) is 5.82 Å². The average molecular weight is 258 g/mol. The number of halogens is 1. The molecule has 1 heterocycles. The Labute approximate surface area is 113 Å². The van der Waals surface area contributed by atoms with E-state index < -0.39 is 0 Å². The molecule has 0 spiro atoms. The number of nitrogens with one attached hydrogen (secondary N) is 1. The van der Waals surface area contributed by atoms with Gasteiger partial charge < -0.3 is 5.32 Å². The van der Waals surface area contributed by atoms with Gasteiger partial charge in [-0.25, -0.2) is 4.39 Å². The van der Waals surface area contributed by atoms with E-state index in [0.717, 1.165) is 13.0 Å². The summed E-state index contributed by atoms with van der Waals surface area (Å²) in [5.74, 6) is -0.235. The molecule has 2 nitrogen and oxygen atoms in total. The third-order valence-corrected chi connectivity index (χ3v) is 3.07. The van der Waals surface area contributed by atoms with Crippen LogP contribution in [0.3, 0.4) is 0 Å². The molecule has 1 aromatic heterocycles. The van der Waals surface area contributed by atoms with Crippen LogP contribution >= 0.6 is 0 Å². The van der Waals surface area contributed by atoms with Crippen molar-refractivity contribution in [2.24, 2.45) is 0 Å². The highest BCUT2D eigenvalue weighted by Crippen LogP contribution is 2.18. The predicted octanol–water partition coefficient (Wildman–Crippen LogP) is 3.50. The standard InChI is InChI=1S/C16H19FN2/c1-2-10-18-15(13-7-4-3-5-8-13)12-16-14(17)9-6-11-19-16/h3-9,11,15,18H,2,10,12H2,1H3. The molecule has 0 saturated heterocycles. The van der Waals surface area contributed by atoms with Gasteiger partial charge in [0.1, 0.15) is 5.82 Å². The van der Waals surface area contributed by atoms with Gasteiger partial charge in [-0.2, -0.15) is 0 Å². The third-order valence-electron chi connectivity index (χ3n) is 3.07. The number of rotatable bonds is 6. The Morgan fingerprint density at radius 1 is 1.16 bits per heavy atom. The van der Waals surface area contributed by atoms with Crippen molar-refractivity contribution >= 4 is 0 Å². The van der Waals surface area contributed by atoms with Gasteiger partial charge in [-0.05, 0) is 30.7 Å². The van der Waals surface area contributed by atoms with Gasteiger partial charge in [0.2, 0.25) is 0 Å². The summed E-state index contributed by atoms with van der Waals surface area (Å²) in [5.41, 5.74) is 1.68. The Bertz CT molecular complexity index is 499. The Balaban J connectivity index is 2.17. The molecule has 2 aromatic rings. The lowest BCUT2D eigenvalue weighted by molar-refractivity contribution is 0.505. The van der Waals surface area contributed by atoms with Crippen molar-refractivity contribution in [3.63, 3.8) is 0 Å². The van der Waals surface area contributed by atoms with Crippen molar-refractivity contribution in [1.82, 2.24) is 10.3 Å². The first-order valence-electron chi connectivity index (χ1n) is 6.69. The Kier molecular flexibility index (Phi) is 5.04. The van der Waals surface area contributed by atoms with E-state index in [2.05, 4.69) is 29.4 Å². The smallest absolute Gasteiger partial charge is 0.144 e. The van der Waals surface area contributed by atoms with Crippen molar-refractivity contribution in [1.29, 1.82) is 0 Å². The van der Waals surface area contributed by atoms with Crippen LogP contribution in [0.5, 0.6) is 0 Å². The van der Waals surface area contributed by atoms with Crippen molar-refractivity contribution in [3.8, 4) is 0 Å². The second-order valence-corrected chi connectivity index (χ2v) is 4.55. The molecule has 19 heavy (non-hydrogen) atoms. The Morgan fingerprint density at radius 2 is 1.95 bits per heavy atom. The van der Waals surface area contributed by atoms with E-state index in [1.807, 2.05) is 18.2 Å². The van der Waals surface area contributed by atoms with Gasteiger partial charge >= 0.3 is 0 Å². The second-order valence-electron chi connectivity index (χ2n) is 4.55. The molecule has 0 radical (unpaired) electrons. The van der Waals surface area contributed by atoms with Gasteiger partial charge in [0.25, 0.3) is 0 Å². The van der Waals surface area contributed by atoms with E-state index in [-0.39, 0.29) is 11.9 Å². The zero-order valence-corrected chi connectivity index (χ0v) is 11.1. The molecule has 3 heteroatoms. The largest absolute Gasteiger partial charge is 0.310 e. The molecule has 1 aromatic carbocycles. The van der Waals surface area contributed by atoms with Crippen molar-refractivity contribution in [2.45, 2.75) is 25.8 Å². The summed E-state index contributed by atoms with van der Waals surface area (Å²) in [6.45, 7) is 3.03. The summed E-state index contributed by atoms with van der Waals surface area (Å²) in [4.78, 5) is 4.14. The van der Waals surface area contributed by atoms with E-state index in [4.69, 9.17) is 0 Å². The van der Waals surface area contributed by atoms with E-state index in [1.165, 1.54) is 11.6 Å². The normalized spacial score (nSPS) is 12.3. The Hall–Kier alpha value is -1.74. The summed E-state index contributed by atoms with van der Waals surface area (Å²) in [6, 6.07) is 13.3. The second kappa shape index (κ2) is 7.00. The SMILES string of the molecule is CCCNC(Cc1ncccc1F)c1ccccc1. The van der Waals surface area contributed by atoms with E-state index >= 15 is 0 Å². The summed E-state index contributed by atoms with van der Waals surface area (Å²) in [5, 5.41) is 3.45. The molecule has 0 aliphatic heterocycles. The number of benzene rings is 1. The molecule has 100 valence electrons. The number of pyridine rings is 1. The van der Waals surface area contributed by atoms with E-state index in [0.29, 0.717) is 12.1 Å². The predicted molar refractivity (Wildman–Crippen MR) is 75.4 cm³/mol. The topological polar surface area (TPSA) is 24.9 Å². The Morgan fingerprint density at radius 3 is 2.63 bits per heavy atom. The number of hydrogen-bond acceptors (Lipinski definition) is 2. The lowest BCUT2D eigenvalue weighted by Crippen LogP contribution is -2.24. The quantitative estimate of drug-likeness (QED) is 0.857. The lowest BCUT2D eigenvalue weighted by atomic mass is 10.0. The zero-order valence-electron chi connectivity index (χ0n) is 11.1. The molecule has 1 unspecified atom stereocenters. The van der Waals surface area contributed by atoms with Crippen LogP contribution in [0.25, 0.3) is 0 Å². The fourth-order valence-corrected chi connectivity index (χ4v) is 2.07. The molecule has 1 N–H and O–H groups in total. The molecule has 0 bridgehead atoms. The molecule has 1 atom stereocenters. The van der Waals surface area contributed by atoms with Gasteiger partial charge in [-0.15, -0.1) is 0 Å². The first kappa shape index (κ1) is 13.7. The number of aromatic nitrogens is 1. The maximum absolute atomic E-state index is 13.7. The van der Waals surface area contributed by atoms with Gasteiger partial charge in [-0.3, -0.25) is 4.98 Å². The maximum Gasteiger partial charge on any atom is 0.144 e. The van der Waals surface area contributed by atoms with E-state index in [1.54, 1.807) is 12.3 Å². The van der Waals surface area contributed by atoms with Crippen LogP contribution in [-0.4, -0.2) is 11.5 Å². The summed E-state index contributed by atoms with van der Waals surface area (Å²) in [6.07, 6.45) is 3.25. The fraction of sp³-hybridized carbons (Fsp3) is 0.312. The molecule has 0 aliphatic carbocycles. The summed E-state index contributed by atoms with van der Waals surface area (Å²) in [7, 11) is 0. The molecule has 0 aliphatic rings. The first-order chi connectivity index (χ1) is 9.31. The average Bonchev–Trinajstić information content (AvgIpc) is 2.46. The molecule has 0 amide bonds. The van der Waals surface area contributed by atoms with Crippen molar-refractivity contribution < 1.29 is 4.39 Å². The van der Waals surface area contributed by atoms with Crippen LogP contribution < -0.4 is 5.32 Å². The van der Waals surface area contributed by atoms with Crippen LogP contribution in [-0.2, 0) is 6.42 Å². The van der Waals surface area contributed by atoms with Crippen LogP contribution in [0.1, 0.15) is 30.6 Å². The van der Waals surface area contributed by atoms with Crippen molar-refractivity contribution in [3.05, 3.63) is 65.7 Å². The molecule has 0 fully saturated rings. The fourth-order valence-electron chi connectivity index (χ4n) is 2.07.